The second kappa shape index (κ2) is 6.29. The van der Waals surface area contributed by atoms with Crippen LogP contribution in [0.3, 0.4) is 0 Å². The number of likely N-dealkylation sites (tertiary alicyclic amines) is 1. The van der Waals surface area contributed by atoms with Gasteiger partial charge in [-0.25, -0.2) is 9.78 Å². The Morgan fingerprint density at radius 3 is 2.79 bits per heavy atom. The van der Waals surface area contributed by atoms with Crippen molar-refractivity contribution >= 4 is 17.6 Å². The third-order valence-electron chi connectivity index (χ3n) is 3.12. The molecule has 1 aromatic heterocycles. The number of amides is 1. The monoisotopic (exact) mass is 263 g/mol. The predicted octanol–water partition coefficient (Wildman–Crippen LogP) is 1.20. The highest BCUT2D eigenvalue weighted by Gasteiger charge is 2.13. The minimum Gasteiger partial charge on any atom is -0.477 e. The predicted molar refractivity (Wildman–Crippen MR) is 70.1 cm³/mol. The van der Waals surface area contributed by atoms with Crippen LogP contribution in [-0.2, 0) is 4.79 Å². The van der Waals surface area contributed by atoms with Crippen molar-refractivity contribution in [1.82, 2.24) is 9.88 Å². The molecule has 2 rings (SSSR count). The second-order valence-electron chi connectivity index (χ2n) is 4.58. The molecule has 0 radical (unpaired) electrons. The van der Waals surface area contributed by atoms with Crippen LogP contribution in [0.2, 0.25) is 0 Å². The van der Waals surface area contributed by atoms with Gasteiger partial charge in [0, 0.05) is 24.8 Å². The molecule has 0 atom stereocenters. The summed E-state index contributed by atoms with van der Waals surface area (Å²) in [7, 11) is 0. The number of nitrogens with zero attached hydrogens (tertiary/aromatic N) is 2. The Morgan fingerprint density at radius 1 is 1.37 bits per heavy atom. The molecule has 1 aliphatic rings. The van der Waals surface area contributed by atoms with Gasteiger partial charge in [-0.05, 0) is 38.1 Å². The number of nitrogens with one attached hydrogen (secondary N) is 1. The Balaban J connectivity index is 1.84. The molecule has 0 spiro atoms. The fourth-order valence-electron chi connectivity index (χ4n) is 2.11. The van der Waals surface area contributed by atoms with Crippen LogP contribution in [0, 0.1) is 0 Å². The summed E-state index contributed by atoms with van der Waals surface area (Å²) in [6, 6.07) is 2.94. The van der Waals surface area contributed by atoms with Crippen molar-refractivity contribution in [2.24, 2.45) is 0 Å². The largest absolute Gasteiger partial charge is 0.477 e. The minimum absolute atomic E-state index is 0.0719. The van der Waals surface area contributed by atoms with E-state index >= 15 is 0 Å². The van der Waals surface area contributed by atoms with Crippen molar-refractivity contribution in [3.8, 4) is 0 Å². The van der Waals surface area contributed by atoms with Crippen LogP contribution < -0.4 is 5.32 Å². The average molecular weight is 263 g/mol. The topological polar surface area (TPSA) is 82.5 Å². The van der Waals surface area contributed by atoms with Gasteiger partial charge in [0.25, 0.3) is 0 Å². The summed E-state index contributed by atoms with van der Waals surface area (Å²) in [5.41, 5.74) is 0.399. The van der Waals surface area contributed by atoms with Crippen LogP contribution in [0.15, 0.2) is 18.3 Å². The lowest BCUT2D eigenvalue weighted by atomic mass is 10.3. The highest BCUT2D eigenvalue weighted by Crippen LogP contribution is 2.10. The number of hydrogen-bond donors (Lipinski definition) is 2. The van der Waals surface area contributed by atoms with Crippen molar-refractivity contribution in [3.63, 3.8) is 0 Å². The molecule has 19 heavy (non-hydrogen) atoms. The number of aromatic nitrogens is 1. The van der Waals surface area contributed by atoms with Crippen LogP contribution in [0.25, 0.3) is 0 Å². The smallest absolute Gasteiger partial charge is 0.354 e. The van der Waals surface area contributed by atoms with E-state index in [2.05, 4.69) is 15.2 Å². The van der Waals surface area contributed by atoms with Gasteiger partial charge in [-0.2, -0.15) is 0 Å². The molecule has 1 aromatic rings. The highest BCUT2D eigenvalue weighted by molar-refractivity contribution is 5.92. The molecule has 6 heteroatoms. The first-order valence-corrected chi connectivity index (χ1v) is 6.37. The van der Waals surface area contributed by atoms with E-state index in [4.69, 9.17) is 5.11 Å². The zero-order valence-electron chi connectivity index (χ0n) is 10.6. The molecular formula is C13H17N3O3. The molecule has 0 aromatic carbocycles. The summed E-state index contributed by atoms with van der Waals surface area (Å²) in [4.78, 5) is 28.5. The normalized spacial score (nSPS) is 15.4. The first-order chi connectivity index (χ1) is 9.15. The molecule has 1 aliphatic heterocycles. The van der Waals surface area contributed by atoms with Crippen molar-refractivity contribution in [3.05, 3.63) is 24.0 Å². The Kier molecular flexibility index (Phi) is 4.46. The fourth-order valence-corrected chi connectivity index (χ4v) is 2.11. The number of aromatic carboxylic acids is 1. The number of pyridine rings is 1. The maximum absolute atomic E-state index is 11.7. The molecule has 2 N–H and O–H groups in total. The van der Waals surface area contributed by atoms with Crippen molar-refractivity contribution in [1.29, 1.82) is 0 Å². The maximum atomic E-state index is 11.7. The number of carboxylic acids is 1. The van der Waals surface area contributed by atoms with Gasteiger partial charge in [0.05, 0.1) is 0 Å². The lowest BCUT2D eigenvalue weighted by Gasteiger charge is -2.13. The number of rotatable bonds is 5. The molecule has 1 fully saturated rings. The molecule has 102 valence electrons. The van der Waals surface area contributed by atoms with Gasteiger partial charge < -0.3 is 15.3 Å². The van der Waals surface area contributed by atoms with Crippen LogP contribution >= 0.6 is 0 Å². The zero-order valence-corrected chi connectivity index (χ0v) is 10.6. The van der Waals surface area contributed by atoms with Gasteiger partial charge in [-0.1, -0.05) is 0 Å². The first kappa shape index (κ1) is 13.5. The molecule has 1 saturated heterocycles. The number of carbonyl (C=O) groups is 2. The molecule has 2 heterocycles. The van der Waals surface area contributed by atoms with Crippen LogP contribution in [-0.4, -0.2) is 46.5 Å². The Labute approximate surface area is 111 Å². The van der Waals surface area contributed by atoms with E-state index in [1.165, 1.54) is 25.1 Å². The Hall–Kier alpha value is -1.95. The van der Waals surface area contributed by atoms with Crippen molar-refractivity contribution in [2.75, 3.05) is 25.0 Å². The summed E-state index contributed by atoms with van der Waals surface area (Å²) < 4.78 is 0. The van der Waals surface area contributed by atoms with E-state index in [0.717, 1.165) is 19.6 Å². The van der Waals surface area contributed by atoms with E-state index in [9.17, 15) is 9.59 Å². The minimum atomic E-state index is -1.10. The summed E-state index contributed by atoms with van der Waals surface area (Å²) in [5.74, 6) is -1.21. The van der Waals surface area contributed by atoms with Crippen LogP contribution in [0.5, 0.6) is 0 Å². The summed E-state index contributed by atoms with van der Waals surface area (Å²) in [5, 5.41) is 11.5. The number of carbonyl (C=O) groups excluding carboxylic acids is 1. The molecule has 0 unspecified atom stereocenters. The summed E-state index contributed by atoms with van der Waals surface area (Å²) >= 11 is 0. The van der Waals surface area contributed by atoms with Gasteiger partial charge in [-0.3, -0.25) is 4.79 Å². The molecule has 1 amide bonds. The van der Waals surface area contributed by atoms with Gasteiger partial charge in [0.2, 0.25) is 5.91 Å². The standard InChI is InChI=1S/C13H17N3O3/c17-12(4-8-16-6-1-2-7-16)15-10-3-5-14-11(9-10)13(18)19/h3,5,9H,1-2,4,6-8H2,(H,18,19)(H,14,15,17). The lowest BCUT2D eigenvalue weighted by molar-refractivity contribution is -0.116. The Morgan fingerprint density at radius 2 is 2.11 bits per heavy atom. The van der Waals surface area contributed by atoms with Gasteiger partial charge in [0.1, 0.15) is 5.69 Å². The van der Waals surface area contributed by atoms with Crippen LogP contribution in [0.4, 0.5) is 5.69 Å². The molecule has 0 saturated carbocycles. The average Bonchev–Trinajstić information content (AvgIpc) is 2.90. The highest BCUT2D eigenvalue weighted by atomic mass is 16.4. The molecule has 6 nitrogen and oxygen atoms in total. The zero-order chi connectivity index (χ0) is 13.7. The van der Waals surface area contributed by atoms with E-state index in [1.54, 1.807) is 6.07 Å². The fraction of sp³-hybridized carbons (Fsp3) is 0.462. The third-order valence-corrected chi connectivity index (χ3v) is 3.12. The summed E-state index contributed by atoms with van der Waals surface area (Å²) in [6.45, 7) is 2.88. The maximum Gasteiger partial charge on any atom is 0.354 e. The number of anilines is 1. The SMILES string of the molecule is O=C(CCN1CCCC1)Nc1ccnc(C(=O)O)c1. The molecular weight excluding hydrogens is 246 g/mol. The third kappa shape index (κ3) is 4.03. The van der Waals surface area contributed by atoms with E-state index in [1.807, 2.05) is 0 Å². The second-order valence-corrected chi connectivity index (χ2v) is 4.58. The van der Waals surface area contributed by atoms with E-state index in [0.29, 0.717) is 12.1 Å². The summed E-state index contributed by atoms with van der Waals surface area (Å²) in [6.07, 6.45) is 4.20. The molecule has 0 aliphatic carbocycles. The number of hydrogen-bond acceptors (Lipinski definition) is 4. The van der Waals surface area contributed by atoms with Crippen molar-refractivity contribution in [2.45, 2.75) is 19.3 Å². The van der Waals surface area contributed by atoms with Gasteiger partial charge in [0.15, 0.2) is 0 Å². The van der Waals surface area contributed by atoms with Crippen LogP contribution in [0.1, 0.15) is 29.8 Å². The van der Waals surface area contributed by atoms with Gasteiger partial charge in [-0.15, -0.1) is 0 Å². The number of carboxylic acid groups (broad SMARTS) is 1. The lowest BCUT2D eigenvalue weighted by Crippen LogP contribution is -2.25. The van der Waals surface area contributed by atoms with Crippen molar-refractivity contribution < 1.29 is 14.7 Å². The first-order valence-electron chi connectivity index (χ1n) is 6.37. The van der Waals surface area contributed by atoms with E-state index in [-0.39, 0.29) is 11.6 Å². The van der Waals surface area contributed by atoms with E-state index < -0.39 is 5.97 Å². The van der Waals surface area contributed by atoms with Gasteiger partial charge >= 0.3 is 5.97 Å². The molecule has 0 bridgehead atoms. The Bertz CT molecular complexity index is 470. The quantitative estimate of drug-likeness (QED) is 0.834.